The second-order valence-corrected chi connectivity index (χ2v) is 6.96. The van der Waals surface area contributed by atoms with Crippen LogP contribution in [-0.2, 0) is 6.54 Å². The van der Waals surface area contributed by atoms with Gasteiger partial charge in [-0.25, -0.2) is 4.79 Å². The molecule has 0 bridgehead atoms. The summed E-state index contributed by atoms with van der Waals surface area (Å²) in [5, 5.41) is 5.57. The number of nitrogens with zero attached hydrogens (tertiary/aromatic N) is 2. The molecule has 2 N–H and O–H groups in total. The first-order chi connectivity index (χ1) is 12.5. The first kappa shape index (κ1) is 20.3. The molecular formula is C19H32N4O3. The summed E-state index contributed by atoms with van der Waals surface area (Å²) in [7, 11) is 9.17. The largest absolute Gasteiger partial charge is 0.493 e. The second-order valence-electron chi connectivity index (χ2n) is 6.96. The minimum Gasteiger partial charge on any atom is -0.493 e. The molecule has 1 aromatic carbocycles. The number of urea groups is 1. The van der Waals surface area contributed by atoms with Crippen molar-refractivity contribution < 1.29 is 14.3 Å². The van der Waals surface area contributed by atoms with Crippen LogP contribution in [0.15, 0.2) is 18.2 Å². The first-order valence-electron chi connectivity index (χ1n) is 9.03. The highest BCUT2D eigenvalue weighted by molar-refractivity contribution is 5.73. The van der Waals surface area contributed by atoms with Crippen LogP contribution in [0.3, 0.4) is 0 Å². The van der Waals surface area contributed by atoms with Crippen LogP contribution < -0.4 is 20.1 Å². The third kappa shape index (κ3) is 5.25. The van der Waals surface area contributed by atoms with E-state index in [1.807, 2.05) is 12.1 Å². The number of hydrogen-bond acceptors (Lipinski definition) is 5. The number of methoxy groups -OCH3 is 2. The Morgan fingerprint density at radius 2 is 2.00 bits per heavy atom. The number of benzene rings is 1. The SMILES string of the molecule is CNC(=O)NC[C@H]1CCN(Cc2ccc(OC)c(OC)c2)C[C@H]1N(C)C. The molecule has 1 saturated heterocycles. The zero-order valence-electron chi connectivity index (χ0n) is 16.5. The van der Waals surface area contributed by atoms with Gasteiger partial charge in [0.05, 0.1) is 14.2 Å². The fourth-order valence-electron chi connectivity index (χ4n) is 3.56. The van der Waals surface area contributed by atoms with E-state index in [4.69, 9.17) is 9.47 Å². The maximum absolute atomic E-state index is 11.5. The van der Waals surface area contributed by atoms with Gasteiger partial charge in [-0.05, 0) is 50.7 Å². The van der Waals surface area contributed by atoms with Crippen molar-refractivity contribution in [3.8, 4) is 11.5 Å². The molecule has 1 fully saturated rings. The molecule has 0 unspecified atom stereocenters. The zero-order valence-corrected chi connectivity index (χ0v) is 16.5. The molecule has 2 atom stereocenters. The lowest BCUT2D eigenvalue weighted by Gasteiger charge is -2.42. The van der Waals surface area contributed by atoms with E-state index >= 15 is 0 Å². The van der Waals surface area contributed by atoms with Gasteiger partial charge < -0.3 is 25.0 Å². The van der Waals surface area contributed by atoms with Gasteiger partial charge in [0.15, 0.2) is 11.5 Å². The molecule has 146 valence electrons. The van der Waals surface area contributed by atoms with Gasteiger partial charge in [-0.2, -0.15) is 0 Å². The van der Waals surface area contributed by atoms with Crippen LogP contribution in [0, 0.1) is 5.92 Å². The normalized spacial score (nSPS) is 20.7. The first-order valence-corrected chi connectivity index (χ1v) is 9.03. The highest BCUT2D eigenvalue weighted by atomic mass is 16.5. The highest BCUT2D eigenvalue weighted by Gasteiger charge is 2.30. The van der Waals surface area contributed by atoms with Gasteiger partial charge in [-0.15, -0.1) is 0 Å². The van der Waals surface area contributed by atoms with Gasteiger partial charge in [0.1, 0.15) is 0 Å². The maximum Gasteiger partial charge on any atom is 0.314 e. The molecule has 1 aliphatic heterocycles. The molecule has 1 aliphatic rings. The van der Waals surface area contributed by atoms with Crippen LogP contribution in [0.1, 0.15) is 12.0 Å². The maximum atomic E-state index is 11.5. The van der Waals surface area contributed by atoms with E-state index in [-0.39, 0.29) is 6.03 Å². The third-order valence-electron chi connectivity index (χ3n) is 5.07. The van der Waals surface area contributed by atoms with Crippen LogP contribution in [0.2, 0.25) is 0 Å². The summed E-state index contributed by atoms with van der Waals surface area (Å²) in [5.41, 5.74) is 1.21. The molecule has 0 aromatic heterocycles. The molecule has 7 nitrogen and oxygen atoms in total. The number of piperidine rings is 1. The summed E-state index contributed by atoms with van der Waals surface area (Å²) in [5.74, 6) is 1.96. The summed E-state index contributed by atoms with van der Waals surface area (Å²) >= 11 is 0. The van der Waals surface area contributed by atoms with Gasteiger partial charge in [0.2, 0.25) is 0 Å². The van der Waals surface area contributed by atoms with E-state index in [1.54, 1.807) is 21.3 Å². The number of carbonyl (C=O) groups is 1. The summed E-state index contributed by atoms with van der Waals surface area (Å²) in [6.45, 7) is 3.56. The van der Waals surface area contributed by atoms with Gasteiger partial charge in [-0.3, -0.25) is 4.90 Å². The summed E-state index contributed by atoms with van der Waals surface area (Å²) in [6.07, 6.45) is 1.06. The number of amides is 2. The Labute approximate surface area is 156 Å². The minimum absolute atomic E-state index is 0.115. The molecule has 1 heterocycles. The molecule has 2 amide bonds. The highest BCUT2D eigenvalue weighted by Crippen LogP contribution is 2.29. The van der Waals surface area contributed by atoms with Crippen LogP contribution >= 0.6 is 0 Å². The van der Waals surface area contributed by atoms with Crippen molar-refractivity contribution in [2.24, 2.45) is 5.92 Å². The van der Waals surface area contributed by atoms with Crippen LogP contribution in [0.5, 0.6) is 11.5 Å². The van der Waals surface area contributed by atoms with Gasteiger partial charge in [0, 0.05) is 32.7 Å². The molecule has 2 rings (SSSR count). The molecule has 0 radical (unpaired) electrons. The standard InChI is InChI=1S/C19H32N4O3/c1-20-19(24)21-11-15-8-9-23(13-16(15)22(2)3)12-14-6-7-17(25-4)18(10-14)26-5/h6-7,10,15-16H,8-9,11-13H2,1-5H3,(H2,20,21,24)/t15-,16-/m1/s1. The van der Waals surface area contributed by atoms with E-state index in [0.29, 0.717) is 18.5 Å². The van der Waals surface area contributed by atoms with Crippen molar-refractivity contribution in [2.45, 2.75) is 19.0 Å². The average Bonchev–Trinajstić information content (AvgIpc) is 2.66. The van der Waals surface area contributed by atoms with Crippen LogP contribution in [-0.4, -0.2) is 76.9 Å². The molecule has 26 heavy (non-hydrogen) atoms. The second kappa shape index (κ2) is 9.64. The quantitative estimate of drug-likeness (QED) is 0.765. The lowest BCUT2D eigenvalue weighted by atomic mass is 9.90. The summed E-state index contributed by atoms with van der Waals surface area (Å²) < 4.78 is 10.7. The Balaban J connectivity index is 1.99. The van der Waals surface area contributed by atoms with Crippen molar-refractivity contribution in [2.75, 3.05) is 55.0 Å². The van der Waals surface area contributed by atoms with E-state index in [2.05, 4.69) is 40.6 Å². The van der Waals surface area contributed by atoms with Crippen LogP contribution in [0.4, 0.5) is 4.79 Å². The monoisotopic (exact) mass is 364 g/mol. The Morgan fingerprint density at radius 1 is 1.27 bits per heavy atom. The number of hydrogen-bond donors (Lipinski definition) is 2. The molecule has 0 aliphatic carbocycles. The molecular weight excluding hydrogens is 332 g/mol. The molecule has 0 spiro atoms. The van der Waals surface area contributed by atoms with Gasteiger partial charge in [0.25, 0.3) is 0 Å². The van der Waals surface area contributed by atoms with E-state index in [0.717, 1.165) is 37.6 Å². The number of ether oxygens (including phenoxy) is 2. The average molecular weight is 364 g/mol. The Bertz CT molecular complexity index is 594. The lowest BCUT2D eigenvalue weighted by molar-refractivity contribution is 0.0782. The van der Waals surface area contributed by atoms with Crippen molar-refractivity contribution in [3.05, 3.63) is 23.8 Å². The predicted molar refractivity (Wildman–Crippen MR) is 103 cm³/mol. The number of rotatable bonds is 7. The fourth-order valence-corrected chi connectivity index (χ4v) is 3.56. The Morgan fingerprint density at radius 3 is 2.62 bits per heavy atom. The van der Waals surface area contributed by atoms with E-state index < -0.39 is 0 Å². The van der Waals surface area contributed by atoms with Crippen LogP contribution in [0.25, 0.3) is 0 Å². The lowest BCUT2D eigenvalue weighted by Crippen LogP contribution is -2.53. The number of nitrogens with one attached hydrogen (secondary N) is 2. The molecule has 7 heteroatoms. The molecule has 1 aromatic rings. The Kier molecular flexibility index (Phi) is 7.53. The van der Waals surface area contributed by atoms with Crippen molar-refractivity contribution in [3.63, 3.8) is 0 Å². The molecule has 0 saturated carbocycles. The number of carbonyl (C=O) groups excluding carboxylic acids is 1. The van der Waals surface area contributed by atoms with Crippen molar-refractivity contribution in [1.29, 1.82) is 0 Å². The van der Waals surface area contributed by atoms with E-state index in [1.165, 1.54) is 5.56 Å². The summed E-state index contributed by atoms with van der Waals surface area (Å²) in [6, 6.07) is 6.38. The van der Waals surface area contributed by atoms with E-state index in [9.17, 15) is 4.79 Å². The summed E-state index contributed by atoms with van der Waals surface area (Å²) in [4.78, 5) is 16.2. The smallest absolute Gasteiger partial charge is 0.314 e. The van der Waals surface area contributed by atoms with Gasteiger partial charge >= 0.3 is 6.03 Å². The Hall–Kier alpha value is -1.99. The predicted octanol–water partition coefficient (Wildman–Crippen LogP) is 1.38. The minimum atomic E-state index is -0.115. The zero-order chi connectivity index (χ0) is 19.1. The fraction of sp³-hybridized carbons (Fsp3) is 0.632. The topological polar surface area (TPSA) is 66.1 Å². The van der Waals surface area contributed by atoms with Crippen molar-refractivity contribution in [1.82, 2.24) is 20.4 Å². The third-order valence-corrected chi connectivity index (χ3v) is 5.07. The number of likely N-dealkylation sites (tertiary alicyclic amines) is 1. The van der Waals surface area contributed by atoms with Crippen molar-refractivity contribution >= 4 is 6.03 Å². The van der Waals surface area contributed by atoms with Gasteiger partial charge in [-0.1, -0.05) is 6.07 Å². The number of likely N-dealkylation sites (N-methyl/N-ethyl adjacent to an activating group) is 1.